The molecule has 10 heteroatoms. The molecule has 1 heterocycles. The van der Waals surface area contributed by atoms with E-state index < -0.39 is 14.3 Å². The first-order valence-corrected chi connectivity index (χ1v) is 23.4. The average molecular weight is 829 g/mol. The summed E-state index contributed by atoms with van der Waals surface area (Å²) in [6.45, 7) is 3.80. The third kappa shape index (κ3) is 8.72. The van der Waals surface area contributed by atoms with E-state index in [2.05, 4.69) is 0 Å². The molecule has 0 unspecified atom stereocenters. The maximum atomic E-state index is 14.7. The van der Waals surface area contributed by atoms with Crippen molar-refractivity contribution in [2.45, 2.75) is 13.8 Å². The first-order valence-electron chi connectivity index (χ1n) is 17.0. The third-order valence-electron chi connectivity index (χ3n) is 8.82. The molecule has 7 aromatic rings. The van der Waals surface area contributed by atoms with E-state index in [1.54, 1.807) is 0 Å². The molecule has 6 aromatic carbocycles. The van der Waals surface area contributed by atoms with Crippen molar-refractivity contribution in [3.05, 3.63) is 194 Å². The van der Waals surface area contributed by atoms with E-state index in [0.717, 1.165) is 43.2 Å². The zero-order valence-electron chi connectivity index (χ0n) is 29.4. The molecule has 0 saturated heterocycles. The molecule has 0 N–H and O–H groups in total. The molecule has 0 amide bonds. The van der Waals surface area contributed by atoms with E-state index in [1.807, 2.05) is 196 Å². The van der Waals surface area contributed by atoms with E-state index in [0.29, 0.717) is 22.9 Å². The predicted octanol–water partition coefficient (Wildman–Crippen LogP) is 10.2. The van der Waals surface area contributed by atoms with Gasteiger partial charge in [0.1, 0.15) is 11.5 Å². The average Bonchev–Trinajstić information content (AvgIpc) is 3.74. The van der Waals surface area contributed by atoms with Gasteiger partial charge in [0.05, 0.1) is 22.8 Å². The van der Waals surface area contributed by atoms with Gasteiger partial charge in [-0.25, -0.2) is 9.98 Å². The van der Waals surface area contributed by atoms with E-state index in [4.69, 9.17) is 34.6 Å². The molecule has 54 heavy (non-hydrogen) atoms. The second kappa shape index (κ2) is 18.2. The van der Waals surface area contributed by atoms with Crippen molar-refractivity contribution in [3.8, 4) is 0 Å². The molecule has 0 bridgehead atoms. The summed E-state index contributed by atoms with van der Waals surface area (Å²) in [7, 11) is 3.41. The SMILES string of the molecule is CC(=Nc1ccc(P(=O)(c2ccccc2)c2ccccc2)cc1)c1ccc(C(C)=Nc2ccc(P(=O)(c3ccccc3)c3ccccc3)cc2)o1.[Cl][Fe][Cl]. The number of benzene rings is 6. The van der Waals surface area contributed by atoms with Gasteiger partial charge < -0.3 is 13.5 Å². The Hall–Kier alpha value is -4.50. The zero-order chi connectivity index (χ0) is 38.0. The summed E-state index contributed by atoms with van der Waals surface area (Å²) in [5, 5.41) is 4.66. The summed E-state index contributed by atoms with van der Waals surface area (Å²) in [5.41, 5.74) is 2.88. The minimum atomic E-state index is -3.06. The fourth-order valence-corrected chi connectivity index (χ4v) is 11.4. The normalized spacial score (nSPS) is 12.2. The Morgan fingerprint density at radius 3 is 0.926 bits per heavy atom. The molecular formula is C44H36Cl2FeN2O3P2. The van der Waals surface area contributed by atoms with Gasteiger partial charge in [-0.1, -0.05) is 121 Å². The Morgan fingerprint density at radius 2 is 0.667 bits per heavy atom. The van der Waals surface area contributed by atoms with Crippen molar-refractivity contribution in [2.75, 3.05) is 0 Å². The van der Waals surface area contributed by atoms with Crippen molar-refractivity contribution in [1.29, 1.82) is 0 Å². The summed E-state index contributed by atoms with van der Waals surface area (Å²) < 4.78 is 35.5. The summed E-state index contributed by atoms with van der Waals surface area (Å²) in [5.74, 6) is 1.26. The first kappa shape index (κ1) is 39.2. The first-order chi connectivity index (χ1) is 26.3. The van der Waals surface area contributed by atoms with Crippen LogP contribution in [-0.4, -0.2) is 11.4 Å². The van der Waals surface area contributed by atoms with Crippen molar-refractivity contribution >= 4 is 89.1 Å². The molecule has 0 atom stereocenters. The molecule has 0 aliphatic heterocycles. The van der Waals surface area contributed by atoms with Crippen LogP contribution in [0.1, 0.15) is 25.4 Å². The van der Waals surface area contributed by atoms with Crippen LogP contribution in [-0.2, 0) is 22.3 Å². The van der Waals surface area contributed by atoms with Gasteiger partial charge in [0.2, 0.25) is 0 Å². The van der Waals surface area contributed by atoms with Gasteiger partial charge in [-0.15, -0.1) is 0 Å². The molecule has 0 fully saturated rings. The van der Waals surface area contributed by atoms with Crippen LogP contribution in [0.5, 0.6) is 0 Å². The van der Waals surface area contributed by atoms with Crippen molar-refractivity contribution in [2.24, 2.45) is 9.98 Å². The van der Waals surface area contributed by atoms with Crippen LogP contribution in [0, 0.1) is 0 Å². The fraction of sp³-hybridized carbons (Fsp3) is 0.0455. The van der Waals surface area contributed by atoms with Crippen LogP contribution >= 0.6 is 34.5 Å². The monoisotopic (exact) mass is 828 g/mol. The molecule has 0 aliphatic carbocycles. The quantitative estimate of drug-likeness (QED) is 0.0783. The number of aliphatic imine (C=N–C) groups is 2. The minimum absolute atomic E-state index is 0.194. The second-order valence-corrected chi connectivity index (χ2v) is 19.6. The zero-order valence-corrected chi connectivity index (χ0v) is 33.8. The molecule has 0 radical (unpaired) electrons. The molecule has 7 rings (SSSR count). The van der Waals surface area contributed by atoms with Gasteiger partial charge in [-0.2, -0.15) is 0 Å². The van der Waals surface area contributed by atoms with E-state index in [-0.39, 0.29) is 13.1 Å². The number of furan rings is 1. The Balaban J connectivity index is 0.00000160. The summed E-state index contributed by atoms with van der Waals surface area (Å²) in [4.78, 5) is 9.61. The molecule has 1 aromatic heterocycles. The topological polar surface area (TPSA) is 72.0 Å². The van der Waals surface area contributed by atoms with E-state index in [1.165, 1.54) is 0 Å². The van der Waals surface area contributed by atoms with Crippen LogP contribution in [0.25, 0.3) is 0 Å². The summed E-state index contributed by atoms with van der Waals surface area (Å²) in [6, 6.07) is 57.5. The molecule has 0 saturated carbocycles. The molecule has 5 nitrogen and oxygen atoms in total. The Kier molecular flexibility index (Phi) is 13.2. The third-order valence-corrected chi connectivity index (χ3v) is 15.0. The van der Waals surface area contributed by atoms with Crippen LogP contribution in [0.4, 0.5) is 11.4 Å². The van der Waals surface area contributed by atoms with Gasteiger partial charge in [-0.3, -0.25) is 0 Å². The van der Waals surface area contributed by atoms with Crippen LogP contribution in [0.15, 0.2) is 196 Å². The van der Waals surface area contributed by atoms with Gasteiger partial charge in [0.15, 0.2) is 14.3 Å². The van der Waals surface area contributed by atoms with Crippen LogP contribution < -0.4 is 31.8 Å². The molecule has 0 spiro atoms. The van der Waals surface area contributed by atoms with Crippen molar-refractivity contribution in [1.82, 2.24) is 0 Å². The molecule has 272 valence electrons. The predicted molar refractivity (Wildman–Crippen MR) is 226 cm³/mol. The number of halogens is 2. The Labute approximate surface area is 331 Å². The molecule has 0 aliphatic rings. The number of rotatable bonds is 10. The summed E-state index contributed by atoms with van der Waals surface area (Å²) >= 11 is 0.194. The molecular weight excluding hydrogens is 793 g/mol. The van der Waals surface area contributed by atoms with E-state index >= 15 is 0 Å². The Bertz CT molecular complexity index is 2180. The van der Waals surface area contributed by atoms with Crippen molar-refractivity contribution < 1.29 is 26.7 Å². The van der Waals surface area contributed by atoms with Gasteiger partial charge in [-0.05, 0) is 74.5 Å². The Morgan fingerprint density at radius 1 is 0.426 bits per heavy atom. The number of hydrogen-bond acceptors (Lipinski definition) is 5. The van der Waals surface area contributed by atoms with Gasteiger partial charge in [0.25, 0.3) is 0 Å². The standard InChI is InChI=1S/C44H36N2O3P2.2ClH.Fe/c1-33(45-35-23-27-41(28-24-35)50(47,37-15-7-3-8-16-37)38-17-9-4-10-18-38)43-31-32-44(49-43)34(2)46-36-25-29-42(30-26-36)51(48,39-19-11-5-12-20-39)40-21-13-6-14-22-40;;;/h3-32H,1-2H3;2*1H;/q;;;+2/p-2. The number of nitrogens with zero attached hydrogens (tertiary/aromatic N) is 2. The summed E-state index contributed by atoms with van der Waals surface area (Å²) in [6.07, 6.45) is 0. The number of hydrogen-bond donors (Lipinski definition) is 0. The second-order valence-electron chi connectivity index (χ2n) is 12.2. The van der Waals surface area contributed by atoms with Crippen molar-refractivity contribution in [3.63, 3.8) is 0 Å². The maximum absolute atomic E-state index is 14.7. The van der Waals surface area contributed by atoms with Gasteiger partial charge >= 0.3 is 33.3 Å². The van der Waals surface area contributed by atoms with Crippen LogP contribution in [0.2, 0.25) is 0 Å². The fourth-order valence-electron chi connectivity index (χ4n) is 6.14. The van der Waals surface area contributed by atoms with Gasteiger partial charge in [0, 0.05) is 31.8 Å². The van der Waals surface area contributed by atoms with Crippen LogP contribution in [0.3, 0.4) is 0 Å². The van der Waals surface area contributed by atoms with E-state index in [9.17, 15) is 9.13 Å².